The van der Waals surface area contributed by atoms with Crippen LogP contribution < -0.4 is 0 Å². The summed E-state index contributed by atoms with van der Waals surface area (Å²) >= 11 is 0. The van der Waals surface area contributed by atoms with Gasteiger partial charge in [0, 0.05) is 23.5 Å². The van der Waals surface area contributed by atoms with E-state index in [-0.39, 0.29) is 29.9 Å². The molecule has 0 spiro atoms. The van der Waals surface area contributed by atoms with E-state index in [1.807, 2.05) is 18.2 Å². The van der Waals surface area contributed by atoms with Crippen molar-refractivity contribution in [3.05, 3.63) is 71.0 Å². The summed E-state index contributed by atoms with van der Waals surface area (Å²) in [7, 11) is -3.10. The molecular weight excluding hydrogens is 422 g/mol. The van der Waals surface area contributed by atoms with Crippen LogP contribution in [0.1, 0.15) is 55.4 Å². The number of nitrogens with zero attached hydrogens (tertiary/aromatic N) is 1. The van der Waals surface area contributed by atoms with Gasteiger partial charge in [-0.25, -0.2) is 8.42 Å². The van der Waals surface area contributed by atoms with Crippen LogP contribution in [0.2, 0.25) is 0 Å². The Morgan fingerprint density at radius 2 is 1.84 bits per heavy atom. The molecule has 1 aromatic heterocycles. The van der Waals surface area contributed by atoms with Gasteiger partial charge in [0.05, 0.1) is 24.2 Å². The summed E-state index contributed by atoms with van der Waals surface area (Å²) in [4.78, 5) is 15.2. The zero-order valence-electron chi connectivity index (χ0n) is 19.0. The number of rotatable bonds is 7. The van der Waals surface area contributed by atoms with Gasteiger partial charge in [0.1, 0.15) is 5.58 Å². The standard InChI is InChI=1S/C26H31NO4S/c1-4-19-5-7-20(8-6-19)15-27(23-11-12-32(29,30)17-23)26(28)14-22-16-31-25-10-9-21(18(2)3)13-24(22)25/h5-10,13,16,18,23H,4,11-12,14-15,17H2,1-3H3. The monoisotopic (exact) mass is 453 g/mol. The maximum absolute atomic E-state index is 13.5. The van der Waals surface area contributed by atoms with Gasteiger partial charge < -0.3 is 9.32 Å². The molecule has 1 aliphatic heterocycles. The first-order valence-corrected chi connectivity index (χ1v) is 13.2. The first-order chi connectivity index (χ1) is 15.3. The Morgan fingerprint density at radius 1 is 1.12 bits per heavy atom. The smallest absolute Gasteiger partial charge is 0.227 e. The van der Waals surface area contributed by atoms with Gasteiger partial charge in [-0.05, 0) is 47.6 Å². The molecule has 2 aromatic carbocycles. The number of sulfone groups is 1. The second kappa shape index (κ2) is 9.10. The molecule has 1 atom stereocenters. The van der Waals surface area contributed by atoms with Crippen molar-refractivity contribution in [1.82, 2.24) is 4.90 Å². The van der Waals surface area contributed by atoms with E-state index in [1.165, 1.54) is 11.1 Å². The van der Waals surface area contributed by atoms with Gasteiger partial charge in [0.2, 0.25) is 5.91 Å². The molecule has 1 amide bonds. The molecule has 0 radical (unpaired) electrons. The zero-order valence-corrected chi connectivity index (χ0v) is 19.8. The molecule has 1 aliphatic rings. The maximum Gasteiger partial charge on any atom is 0.227 e. The van der Waals surface area contributed by atoms with Crippen molar-refractivity contribution >= 4 is 26.7 Å². The third kappa shape index (κ3) is 4.90. The fourth-order valence-corrected chi connectivity index (χ4v) is 6.11. The molecule has 1 saturated heterocycles. The number of hydrogen-bond donors (Lipinski definition) is 0. The Morgan fingerprint density at radius 3 is 2.47 bits per heavy atom. The maximum atomic E-state index is 13.5. The number of hydrogen-bond acceptors (Lipinski definition) is 4. The first-order valence-electron chi connectivity index (χ1n) is 11.3. The Hall–Kier alpha value is -2.60. The summed E-state index contributed by atoms with van der Waals surface area (Å²) in [5, 5.41) is 0.954. The number of aryl methyl sites for hydroxylation is 1. The molecule has 0 saturated carbocycles. The third-order valence-electron chi connectivity index (χ3n) is 6.44. The fourth-order valence-electron chi connectivity index (χ4n) is 4.38. The van der Waals surface area contributed by atoms with Crippen LogP contribution in [0, 0.1) is 0 Å². The zero-order chi connectivity index (χ0) is 22.9. The van der Waals surface area contributed by atoms with Crippen LogP contribution in [-0.2, 0) is 34.0 Å². The van der Waals surface area contributed by atoms with Crippen LogP contribution >= 0.6 is 0 Å². The van der Waals surface area contributed by atoms with Crippen LogP contribution in [0.3, 0.4) is 0 Å². The van der Waals surface area contributed by atoms with Crippen molar-refractivity contribution in [2.75, 3.05) is 11.5 Å². The number of furan rings is 1. The number of fused-ring (bicyclic) bond motifs is 1. The molecule has 3 aromatic rings. The van der Waals surface area contributed by atoms with Gasteiger partial charge in [-0.15, -0.1) is 0 Å². The predicted molar refractivity (Wildman–Crippen MR) is 127 cm³/mol. The van der Waals surface area contributed by atoms with Gasteiger partial charge in [0.15, 0.2) is 9.84 Å². The normalized spacial score (nSPS) is 17.8. The van der Waals surface area contributed by atoms with Crippen molar-refractivity contribution < 1.29 is 17.6 Å². The van der Waals surface area contributed by atoms with Crippen LogP contribution in [0.4, 0.5) is 0 Å². The van der Waals surface area contributed by atoms with E-state index < -0.39 is 9.84 Å². The van der Waals surface area contributed by atoms with Crippen molar-refractivity contribution in [3.63, 3.8) is 0 Å². The molecule has 2 heterocycles. The second-order valence-corrected chi connectivity index (χ2v) is 11.3. The van der Waals surface area contributed by atoms with Gasteiger partial charge in [-0.3, -0.25) is 4.79 Å². The summed E-state index contributed by atoms with van der Waals surface area (Å²) in [6, 6.07) is 14.0. The topological polar surface area (TPSA) is 67.6 Å². The molecule has 1 unspecified atom stereocenters. The Bertz CT molecular complexity index is 1210. The molecule has 5 nitrogen and oxygen atoms in total. The van der Waals surface area contributed by atoms with E-state index >= 15 is 0 Å². The number of carbonyl (C=O) groups excluding carboxylic acids is 1. The van der Waals surface area contributed by atoms with E-state index in [2.05, 4.69) is 45.0 Å². The average molecular weight is 454 g/mol. The minimum absolute atomic E-state index is 0.0371. The van der Waals surface area contributed by atoms with Crippen molar-refractivity contribution in [2.24, 2.45) is 0 Å². The van der Waals surface area contributed by atoms with Crippen molar-refractivity contribution in [2.45, 2.75) is 58.5 Å². The van der Waals surface area contributed by atoms with Gasteiger partial charge in [0.25, 0.3) is 0 Å². The van der Waals surface area contributed by atoms with E-state index in [0.29, 0.717) is 18.9 Å². The molecule has 6 heteroatoms. The third-order valence-corrected chi connectivity index (χ3v) is 8.19. The lowest BCUT2D eigenvalue weighted by Crippen LogP contribution is -2.41. The van der Waals surface area contributed by atoms with Crippen LogP contribution in [0.15, 0.2) is 53.1 Å². The average Bonchev–Trinajstić information content (AvgIpc) is 3.34. The minimum Gasteiger partial charge on any atom is -0.464 e. The lowest BCUT2D eigenvalue weighted by atomic mass is 9.99. The summed E-state index contributed by atoms with van der Waals surface area (Å²) in [6.07, 6.45) is 3.30. The summed E-state index contributed by atoms with van der Waals surface area (Å²) in [5.41, 5.74) is 5.06. The highest BCUT2D eigenvalue weighted by molar-refractivity contribution is 7.91. The van der Waals surface area contributed by atoms with Crippen molar-refractivity contribution in [3.8, 4) is 0 Å². The molecule has 4 rings (SSSR count). The Labute approximate surface area is 190 Å². The highest BCUT2D eigenvalue weighted by Crippen LogP contribution is 2.28. The fraction of sp³-hybridized carbons (Fsp3) is 0.423. The lowest BCUT2D eigenvalue weighted by molar-refractivity contribution is -0.133. The Kier molecular flexibility index (Phi) is 6.42. The van der Waals surface area contributed by atoms with Crippen LogP contribution in [-0.4, -0.2) is 36.8 Å². The Balaban J connectivity index is 1.61. The second-order valence-electron chi connectivity index (χ2n) is 9.10. The van der Waals surface area contributed by atoms with E-state index in [4.69, 9.17) is 4.42 Å². The van der Waals surface area contributed by atoms with Crippen molar-refractivity contribution in [1.29, 1.82) is 0 Å². The summed E-state index contributed by atoms with van der Waals surface area (Å²) < 4.78 is 30.0. The molecule has 0 bridgehead atoms. The number of benzene rings is 2. The molecular formula is C26H31NO4S. The summed E-state index contributed by atoms with van der Waals surface area (Å²) in [5.74, 6) is 0.492. The summed E-state index contributed by atoms with van der Waals surface area (Å²) in [6.45, 7) is 6.79. The van der Waals surface area contributed by atoms with Crippen LogP contribution in [0.25, 0.3) is 11.0 Å². The SMILES string of the molecule is CCc1ccc(CN(C(=O)Cc2coc3ccc(C(C)C)cc23)C2CCS(=O)(=O)C2)cc1. The minimum atomic E-state index is -3.10. The lowest BCUT2D eigenvalue weighted by Gasteiger charge is -2.28. The number of carbonyl (C=O) groups is 1. The quantitative estimate of drug-likeness (QED) is 0.511. The number of amides is 1. The van der Waals surface area contributed by atoms with Crippen LogP contribution in [0.5, 0.6) is 0 Å². The first kappa shape index (κ1) is 22.6. The van der Waals surface area contributed by atoms with E-state index in [9.17, 15) is 13.2 Å². The molecule has 1 fully saturated rings. The molecule has 0 N–H and O–H groups in total. The van der Waals surface area contributed by atoms with E-state index in [0.717, 1.165) is 28.5 Å². The van der Waals surface area contributed by atoms with Gasteiger partial charge >= 0.3 is 0 Å². The molecule has 0 aliphatic carbocycles. The van der Waals surface area contributed by atoms with Gasteiger partial charge in [-0.1, -0.05) is 51.1 Å². The molecule has 32 heavy (non-hydrogen) atoms. The highest BCUT2D eigenvalue weighted by atomic mass is 32.2. The molecule has 170 valence electrons. The largest absolute Gasteiger partial charge is 0.464 e. The predicted octanol–water partition coefficient (Wildman–Crippen LogP) is 4.88. The van der Waals surface area contributed by atoms with E-state index in [1.54, 1.807) is 11.2 Å². The highest BCUT2D eigenvalue weighted by Gasteiger charge is 2.35. The van der Waals surface area contributed by atoms with Gasteiger partial charge in [-0.2, -0.15) is 0 Å².